The van der Waals surface area contributed by atoms with E-state index < -0.39 is 6.10 Å². The van der Waals surface area contributed by atoms with E-state index >= 15 is 0 Å². The first-order valence-electron chi connectivity index (χ1n) is 11.6. The number of fused-ring (bicyclic) bond motifs is 1. The molecule has 0 saturated heterocycles. The van der Waals surface area contributed by atoms with Gasteiger partial charge < -0.3 is 19.6 Å². The van der Waals surface area contributed by atoms with Crippen molar-refractivity contribution in [1.82, 2.24) is 19.8 Å². The molecule has 3 atom stereocenters. The molecule has 3 rings (SSSR count). The van der Waals surface area contributed by atoms with Crippen LogP contribution in [0.2, 0.25) is 0 Å². The fourth-order valence-corrected chi connectivity index (χ4v) is 3.74. The zero-order valence-corrected chi connectivity index (χ0v) is 20.2. The van der Waals surface area contributed by atoms with Crippen molar-refractivity contribution in [3.63, 3.8) is 0 Å². The number of amides is 2. The van der Waals surface area contributed by atoms with Crippen LogP contribution in [-0.2, 0) is 0 Å². The molecule has 1 aliphatic rings. The summed E-state index contributed by atoms with van der Waals surface area (Å²) >= 11 is 0. The van der Waals surface area contributed by atoms with Crippen LogP contribution in [0, 0.1) is 17.8 Å². The highest BCUT2D eigenvalue weighted by molar-refractivity contribution is 5.97. The van der Waals surface area contributed by atoms with Gasteiger partial charge in [0, 0.05) is 50.1 Å². The van der Waals surface area contributed by atoms with Gasteiger partial charge in [-0.05, 0) is 31.5 Å². The van der Waals surface area contributed by atoms with Crippen molar-refractivity contribution in [3.05, 3.63) is 53.5 Å². The van der Waals surface area contributed by atoms with Crippen molar-refractivity contribution in [3.8, 4) is 17.7 Å². The molecule has 0 unspecified atom stereocenters. The number of aliphatic hydroxyl groups is 1. The maximum atomic E-state index is 13.4. The predicted octanol–water partition coefficient (Wildman–Crippen LogP) is 2.62. The van der Waals surface area contributed by atoms with E-state index in [2.05, 4.69) is 28.7 Å². The summed E-state index contributed by atoms with van der Waals surface area (Å²) in [7, 11) is 1.71. The minimum absolute atomic E-state index is 0.124. The summed E-state index contributed by atoms with van der Waals surface area (Å²) in [5.74, 6) is 5.78. The molecule has 0 radical (unpaired) electrons. The maximum Gasteiger partial charge on any atom is 0.259 e. The maximum absolute atomic E-state index is 13.4. The molecular formula is C26H32N4O4. The molecule has 2 aromatic rings. The lowest BCUT2D eigenvalue weighted by atomic mass is 9.99. The standard InChI is InChI=1S/C26H32N4O4/c1-5-6-7-9-20-12-22-24(28-13-20)34-23(18(2)15-30(26(22)33)19(3)17-31)16-29(4)25(32)21-10-8-11-27-14-21/h8,10-14,18-19,23,31H,5-6,15-17H2,1-4H3/t18-,19-,23+/m1/s1. The molecule has 0 saturated carbocycles. The van der Waals surface area contributed by atoms with Gasteiger partial charge in [0.05, 0.1) is 24.8 Å². The quantitative estimate of drug-likeness (QED) is 0.661. The monoisotopic (exact) mass is 464 g/mol. The fourth-order valence-electron chi connectivity index (χ4n) is 3.74. The van der Waals surface area contributed by atoms with E-state index in [9.17, 15) is 14.7 Å². The van der Waals surface area contributed by atoms with Gasteiger partial charge >= 0.3 is 0 Å². The zero-order valence-electron chi connectivity index (χ0n) is 20.2. The average molecular weight is 465 g/mol. The van der Waals surface area contributed by atoms with Crippen molar-refractivity contribution in [2.24, 2.45) is 5.92 Å². The first kappa shape index (κ1) is 25.2. The number of carbonyl (C=O) groups is 2. The number of carbonyl (C=O) groups excluding carboxylic acids is 2. The molecule has 34 heavy (non-hydrogen) atoms. The predicted molar refractivity (Wildman–Crippen MR) is 128 cm³/mol. The van der Waals surface area contributed by atoms with E-state index in [0.29, 0.717) is 29.8 Å². The van der Waals surface area contributed by atoms with Gasteiger partial charge in [0.1, 0.15) is 11.7 Å². The normalized spacial score (nSPS) is 18.5. The van der Waals surface area contributed by atoms with Gasteiger partial charge in [0.25, 0.3) is 11.8 Å². The molecule has 8 nitrogen and oxygen atoms in total. The summed E-state index contributed by atoms with van der Waals surface area (Å²) in [6.45, 7) is 6.32. The Balaban J connectivity index is 1.93. The van der Waals surface area contributed by atoms with E-state index in [-0.39, 0.29) is 36.3 Å². The lowest BCUT2D eigenvalue weighted by Gasteiger charge is -2.37. The fraction of sp³-hybridized carbons (Fsp3) is 0.462. The third-order valence-electron chi connectivity index (χ3n) is 5.84. The van der Waals surface area contributed by atoms with Crippen LogP contribution in [-0.4, -0.2) is 75.6 Å². The van der Waals surface area contributed by atoms with Gasteiger partial charge in [-0.3, -0.25) is 14.6 Å². The van der Waals surface area contributed by atoms with Crippen LogP contribution >= 0.6 is 0 Å². The SMILES string of the molecule is CCCC#Cc1cnc2c(c1)C(=O)N([C@H](C)CO)C[C@@H](C)[C@H](CN(C)C(=O)c1cccnc1)O2. The second-order valence-electron chi connectivity index (χ2n) is 8.68. The lowest BCUT2D eigenvalue weighted by molar-refractivity contribution is 0.0313. The van der Waals surface area contributed by atoms with E-state index in [0.717, 1.165) is 12.8 Å². The van der Waals surface area contributed by atoms with E-state index in [4.69, 9.17) is 4.74 Å². The summed E-state index contributed by atoms with van der Waals surface area (Å²) in [5.41, 5.74) is 1.43. The molecule has 0 spiro atoms. The van der Waals surface area contributed by atoms with Crippen molar-refractivity contribution in [2.75, 3.05) is 26.7 Å². The molecule has 0 aliphatic carbocycles. The summed E-state index contributed by atoms with van der Waals surface area (Å²) in [6, 6.07) is 4.75. The van der Waals surface area contributed by atoms with Gasteiger partial charge in [-0.25, -0.2) is 4.98 Å². The summed E-state index contributed by atoms with van der Waals surface area (Å²) < 4.78 is 6.24. The number of unbranched alkanes of at least 4 members (excludes halogenated alkanes) is 1. The van der Waals surface area contributed by atoms with Crippen molar-refractivity contribution < 1.29 is 19.4 Å². The van der Waals surface area contributed by atoms with Gasteiger partial charge in [0.15, 0.2) is 0 Å². The smallest absolute Gasteiger partial charge is 0.259 e. The minimum atomic E-state index is -0.421. The summed E-state index contributed by atoms with van der Waals surface area (Å²) in [4.78, 5) is 38.0. The zero-order chi connectivity index (χ0) is 24.7. The second kappa shape index (κ2) is 11.6. The van der Waals surface area contributed by atoms with E-state index in [1.165, 1.54) is 6.20 Å². The second-order valence-corrected chi connectivity index (χ2v) is 8.68. The van der Waals surface area contributed by atoms with Crippen LogP contribution in [0.5, 0.6) is 5.88 Å². The van der Waals surface area contributed by atoms with Gasteiger partial charge in [-0.2, -0.15) is 0 Å². The molecule has 180 valence electrons. The molecule has 2 amide bonds. The Bertz CT molecular complexity index is 1060. The van der Waals surface area contributed by atoms with E-state index in [1.54, 1.807) is 54.4 Å². The highest BCUT2D eigenvalue weighted by Crippen LogP contribution is 2.27. The number of hydrogen-bond acceptors (Lipinski definition) is 6. The lowest BCUT2D eigenvalue weighted by Crippen LogP contribution is -2.50. The number of aromatic nitrogens is 2. The number of hydrogen-bond donors (Lipinski definition) is 1. The molecule has 1 N–H and O–H groups in total. The Hall–Kier alpha value is -3.44. The van der Waals surface area contributed by atoms with Crippen LogP contribution in [0.4, 0.5) is 0 Å². The molecule has 0 bridgehead atoms. The number of nitrogens with zero attached hydrogens (tertiary/aromatic N) is 4. The molecule has 2 aromatic heterocycles. The highest BCUT2D eigenvalue weighted by atomic mass is 16.5. The Morgan fingerprint density at radius 3 is 2.88 bits per heavy atom. The number of aliphatic hydroxyl groups excluding tert-OH is 1. The Labute approximate surface area is 201 Å². The number of ether oxygens (including phenoxy) is 1. The topological polar surface area (TPSA) is 95.9 Å². The Morgan fingerprint density at radius 2 is 2.21 bits per heavy atom. The first-order chi connectivity index (χ1) is 16.3. The highest BCUT2D eigenvalue weighted by Gasteiger charge is 2.34. The van der Waals surface area contributed by atoms with Crippen LogP contribution in [0.3, 0.4) is 0 Å². The van der Waals surface area contributed by atoms with Crippen molar-refractivity contribution in [1.29, 1.82) is 0 Å². The van der Waals surface area contributed by atoms with Crippen molar-refractivity contribution >= 4 is 11.8 Å². The summed E-state index contributed by atoms with van der Waals surface area (Å²) in [6.07, 6.45) is 6.03. The number of rotatable bonds is 6. The van der Waals surface area contributed by atoms with Crippen molar-refractivity contribution in [2.45, 2.75) is 45.8 Å². The minimum Gasteiger partial charge on any atom is -0.472 e. The Morgan fingerprint density at radius 1 is 1.41 bits per heavy atom. The molecule has 8 heteroatoms. The van der Waals surface area contributed by atoms with Gasteiger partial charge in [-0.15, -0.1) is 0 Å². The third-order valence-corrected chi connectivity index (χ3v) is 5.84. The number of pyridine rings is 2. The first-order valence-corrected chi connectivity index (χ1v) is 11.6. The number of likely N-dealkylation sites (N-methyl/N-ethyl adjacent to an activating group) is 1. The summed E-state index contributed by atoms with van der Waals surface area (Å²) in [5, 5.41) is 9.79. The van der Waals surface area contributed by atoms with Gasteiger partial charge in [-0.1, -0.05) is 25.7 Å². The molecule has 3 heterocycles. The third kappa shape index (κ3) is 5.91. The van der Waals surface area contributed by atoms with Crippen LogP contribution in [0.15, 0.2) is 36.8 Å². The molecule has 0 fully saturated rings. The molecular weight excluding hydrogens is 432 g/mol. The van der Waals surface area contributed by atoms with Crippen LogP contribution < -0.4 is 4.74 Å². The van der Waals surface area contributed by atoms with Gasteiger partial charge in [0.2, 0.25) is 5.88 Å². The molecule has 0 aromatic carbocycles. The van der Waals surface area contributed by atoms with Crippen LogP contribution in [0.1, 0.15) is 59.9 Å². The Kier molecular flexibility index (Phi) is 8.61. The average Bonchev–Trinajstić information content (AvgIpc) is 2.86. The van der Waals surface area contributed by atoms with E-state index in [1.807, 2.05) is 6.92 Å². The molecule has 1 aliphatic heterocycles. The van der Waals surface area contributed by atoms with Crippen LogP contribution in [0.25, 0.3) is 0 Å². The largest absolute Gasteiger partial charge is 0.472 e.